The van der Waals surface area contributed by atoms with Crippen LogP contribution in [0.4, 0.5) is 5.13 Å². The van der Waals surface area contributed by atoms with Crippen molar-refractivity contribution in [1.29, 1.82) is 0 Å². The highest BCUT2D eigenvalue weighted by atomic mass is 35.5. The standard InChI is InChI=1S/C21H24ClN3OS/c1-4-24(5-2)13-14-25(20(26)16-10-6-7-11-17(16)22)21-23-19-15(3)9-8-12-18(19)27-21/h6-12H,4-5,13-14H2,1-3H3/p+1. The molecule has 3 rings (SSSR count). The maximum Gasteiger partial charge on any atom is 0.261 e. The molecular formula is C21H25ClN3OS+. The number of aromatic nitrogens is 1. The molecule has 3 aromatic rings. The summed E-state index contributed by atoms with van der Waals surface area (Å²) >= 11 is 7.86. The first-order chi connectivity index (χ1) is 13.0. The number of quaternary nitrogens is 1. The molecule has 0 saturated carbocycles. The summed E-state index contributed by atoms with van der Waals surface area (Å²) in [7, 11) is 0. The zero-order valence-corrected chi connectivity index (χ0v) is 17.5. The van der Waals surface area contributed by atoms with Crippen molar-refractivity contribution in [1.82, 2.24) is 4.98 Å². The molecule has 1 amide bonds. The Morgan fingerprint density at radius 2 is 1.89 bits per heavy atom. The van der Waals surface area contributed by atoms with E-state index in [1.807, 2.05) is 31.2 Å². The van der Waals surface area contributed by atoms with Gasteiger partial charge in [-0.15, -0.1) is 0 Å². The number of hydrogen-bond acceptors (Lipinski definition) is 3. The van der Waals surface area contributed by atoms with Gasteiger partial charge < -0.3 is 4.90 Å². The molecule has 0 saturated heterocycles. The van der Waals surface area contributed by atoms with Gasteiger partial charge in [0.05, 0.1) is 47.0 Å². The van der Waals surface area contributed by atoms with E-state index in [4.69, 9.17) is 16.6 Å². The maximum atomic E-state index is 13.3. The Balaban J connectivity index is 1.99. The number of amides is 1. The number of carbonyl (C=O) groups excluding carboxylic acids is 1. The minimum absolute atomic E-state index is 0.0936. The summed E-state index contributed by atoms with van der Waals surface area (Å²) in [4.78, 5) is 21.3. The summed E-state index contributed by atoms with van der Waals surface area (Å²) in [5, 5.41) is 1.20. The molecule has 2 aromatic carbocycles. The Morgan fingerprint density at radius 1 is 1.15 bits per heavy atom. The van der Waals surface area contributed by atoms with Crippen molar-refractivity contribution < 1.29 is 9.69 Å². The molecule has 0 bridgehead atoms. The Hall–Kier alpha value is -1.95. The summed E-state index contributed by atoms with van der Waals surface area (Å²) in [6.45, 7) is 9.93. The lowest BCUT2D eigenvalue weighted by Gasteiger charge is -2.23. The van der Waals surface area contributed by atoms with Gasteiger partial charge in [0.25, 0.3) is 5.91 Å². The molecule has 0 aliphatic carbocycles. The molecule has 0 atom stereocenters. The highest BCUT2D eigenvalue weighted by Crippen LogP contribution is 2.31. The number of hydrogen-bond donors (Lipinski definition) is 1. The predicted octanol–water partition coefficient (Wildman–Crippen LogP) is 3.83. The molecule has 4 nitrogen and oxygen atoms in total. The van der Waals surface area contributed by atoms with Gasteiger partial charge >= 0.3 is 0 Å². The van der Waals surface area contributed by atoms with Crippen LogP contribution in [0.25, 0.3) is 10.2 Å². The highest BCUT2D eigenvalue weighted by molar-refractivity contribution is 7.22. The number of nitrogens with one attached hydrogen (secondary N) is 1. The van der Waals surface area contributed by atoms with Crippen LogP contribution in [0.15, 0.2) is 42.5 Å². The maximum absolute atomic E-state index is 13.3. The molecular weight excluding hydrogens is 378 g/mol. The number of thiazole rings is 1. The first kappa shape index (κ1) is 19.8. The van der Waals surface area contributed by atoms with Crippen LogP contribution in [-0.2, 0) is 0 Å². The Bertz CT molecular complexity index is 936. The number of likely N-dealkylation sites (N-methyl/N-ethyl adjacent to an activating group) is 1. The molecule has 142 valence electrons. The van der Waals surface area contributed by atoms with E-state index in [0.717, 1.165) is 40.5 Å². The van der Waals surface area contributed by atoms with Crippen molar-refractivity contribution in [3.05, 3.63) is 58.6 Å². The van der Waals surface area contributed by atoms with Crippen LogP contribution in [0.5, 0.6) is 0 Å². The van der Waals surface area contributed by atoms with Gasteiger partial charge in [-0.3, -0.25) is 9.69 Å². The van der Waals surface area contributed by atoms with Crippen molar-refractivity contribution in [3.8, 4) is 0 Å². The second kappa shape index (κ2) is 8.83. The number of para-hydroxylation sites is 1. The molecule has 0 aliphatic rings. The molecule has 1 aromatic heterocycles. The Labute approximate surface area is 169 Å². The number of halogens is 1. The average molecular weight is 403 g/mol. The van der Waals surface area contributed by atoms with Gasteiger partial charge in [0.1, 0.15) is 0 Å². The molecule has 1 N–H and O–H groups in total. The third-order valence-corrected chi connectivity index (χ3v) is 6.25. The van der Waals surface area contributed by atoms with Crippen molar-refractivity contribution in [2.24, 2.45) is 0 Å². The fourth-order valence-electron chi connectivity index (χ4n) is 3.13. The third kappa shape index (κ3) is 4.32. The van der Waals surface area contributed by atoms with E-state index in [1.165, 1.54) is 4.90 Å². The number of anilines is 1. The number of fused-ring (bicyclic) bond motifs is 1. The molecule has 27 heavy (non-hydrogen) atoms. The summed E-state index contributed by atoms with van der Waals surface area (Å²) in [6, 6.07) is 13.3. The molecule has 0 aliphatic heterocycles. The van der Waals surface area contributed by atoms with Crippen molar-refractivity contribution in [2.75, 3.05) is 31.1 Å². The van der Waals surface area contributed by atoms with Gasteiger partial charge in [0.15, 0.2) is 5.13 Å². The third-order valence-electron chi connectivity index (χ3n) is 4.88. The molecule has 0 radical (unpaired) electrons. The molecule has 0 spiro atoms. The van der Waals surface area contributed by atoms with E-state index in [2.05, 4.69) is 19.9 Å². The van der Waals surface area contributed by atoms with Crippen LogP contribution in [0.3, 0.4) is 0 Å². The smallest absolute Gasteiger partial charge is 0.261 e. The van der Waals surface area contributed by atoms with Gasteiger partial charge in [-0.25, -0.2) is 4.98 Å². The number of nitrogens with zero attached hydrogens (tertiary/aromatic N) is 2. The second-order valence-electron chi connectivity index (χ2n) is 6.56. The molecule has 1 heterocycles. The zero-order valence-electron chi connectivity index (χ0n) is 16.0. The average Bonchev–Trinajstić information content (AvgIpc) is 3.10. The van der Waals surface area contributed by atoms with Gasteiger partial charge in [-0.05, 0) is 44.5 Å². The molecule has 0 unspecified atom stereocenters. The van der Waals surface area contributed by atoms with Gasteiger partial charge in [-0.1, -0.05) is 47.2 Å². The summed E-state index contributed by atoms with van der Waals surface area (Å²) < 4.78 is 1.09. The van der Waals surface area contributed by atoms with Crippen molar-refractivity contribution in [2.45, 2.75) is 20.8 Å². The van der Waals surface area contributed by atoms with E-state index in [-0.39, 0.29) is 5.91 Å². The first-order valence-electron chi connectivity index (χ1n) is 9.31. The predicted molar refractivity (Wildman–Crippen MR) is 114 cm³/mol. The number of rotatable bonds is 7. The van der Waals surface area contributed by atoms with E-state index in [0.29, 0.717) is 17.1 Å². The minimum atomic E-state index is -0.0936. The zero-order chi connectivity index (χ0) is 19.4. The monoisotopic (exact) mass is 402 g/mol. The highest BCUT2D eigenvalue weighted by Gasteiger charge is 2.24. The van der Waals surface area contributed by atoms with Gasteiger partial charge in [0, 0.05) is 0 Å². The van der Waals surface area contributed by atoms with E-state index < -0.39 is 0 Å². The molecule has 0 fully saturated rings. The van der Waals surface area contributed by atoms with Gasteiger partial charge in [0.2, 0.25) is 0 Å². The van der Waals surface area contributed by atoms with Crippen LogP contribution < -0.4 is 9.80 Å². The summed E-state index contributed by atoms with van der Waals surface area (Å²) in [6.07, 6.45) is 0. The summed E-state index contributed by atoms with van der Waals surface area (Å²) in [5.41, 5.74) is 2.60. The van der Waals surface area contributed by atoms with Crippen LogP contribution in [0.2, 0.25) is 5.02 Å². The lowest BCUT2D eigenvalue weighted by molar-refractivity contribution is -0.894. The Kier molecular flexibility index (Phi) is 6.47. The molecule has 6 heteroatoms. The van der Waals surface area contributed by atoms with E-state index >= 15 is 0 Å². The lowest BCUT2D eigenvalue weighted by Crippen LogP contribution is -3.12. The topological polar surface area (TPSA) is 37.6 Å². The van der Waals surface area contributed by atoms with Crippen molar-refractivity contribution >= 4 is 44.2 Å². The fourth-order valence-corrected chi connectivity index (χ4v) is 4.41. The van der Waals surface area contributed by atoms with Crippen LogP contribution in [0, 0.1) is 6.92 Å². The SMILES string of the molecule is CC[NH+](CC)CCN(C(=O)c1ccccc1Cl)c1nc2c(C)cccc2s1. The van der Waals surface area contributed by atoms with E-state index in [1.54, 1.807) is 28.4 Å². The van der Waals surface area contributed by atoms with Crippen LogP contribution in [-0.4, -0.2) is 37.1 Å². The van der Waals surface area contributed by atoms with Gasteiger partial charge in [-0.2, -0.15) is 0 Å². The largest absolute Gasteiger partial charge is 0.334 e. The lowest BCUT2D eigenvalue weighted by atomic mass is 10.2. The minimum Gasteiger partial charge on any atom is -0.334 e. The summed E-state index contributed by atoms with van der Waals surface area (Å²) in [5.74, 6) is -0.0936. The van der Waals surface area contributed by atoms with E-state index in [9.17, 15) is 4.79 Å². The normalized spacial score (nSPS) is 11.3. The number of benzene rings is 2. The fraction of sp³-hybridized carbons (Fsp3) is 0.333. The van der Waals surface area contributed by atoms with Crippen molar-refractivity contribution in [3.63, 3.8) is 0 Å². The quantitative estimate of drug-likeness (QED) is 0.652. The van der Waals surface area contributed by atoms with Crippen LogP contribution in [0.1, 0.15) is 29.8 Å². The first-order valence-corrected chi connectivity index (χ1v) is 10.5. The van der Waals surface area contributed by atoms with Crippen LogP contribution >= 0.6 is 22.9 Å². The second-order valence-corrected chi connectivity index (χ2v) is 7.98. The number of aryl methyl sites for hydroxylation is 1. The Morgan fingerprint density at radius 3 is 2.56 bits per heavy atom. The number of carbonyl (C=O) groups is 1.